The molecule has 0 radical (unpaired) electrons. The standard InChI is InChI=1S/C13H18FN3O2S/c14-10-6-11(15)8-13(7-10)20(18,19)17-5-4-16-3-1-2-12(16)9-17/h6-8,12H,1-5,9,15H2. The molecule has 7 heteroatoms. The highest BCUT2D eigenvalue weighted by Gasteiger charge is 2.36. The Kier molecular flexibility index (Phi) is 3.43. The molecular weight excluding hydrogens is 281 g/mol. The second kappa shape index (κ2) is 4.98. The van der Waals surface area contributed by atoms with Crippen LogP contribution in [0, 0.1) is 5.82 Å². The van der Waals surface area contributed by atoms with Crippen molar-refractivity contribution in [2.45, 2.75) is 23.8 Å². The number of sulfonamides is 1. The van der Waals surface area contributed by atoms with Crippen molar-refractivity contribution in [2.24, 2.45) is 0 Å². The Morgan fingerprint density at radius 1 is 1.20 bits per heavy atom. The Bertz CT molecular complexity index is 600. The van der Waals surface area contributed by atoms with Crippen LogP contribution in [0.4, 0.5) is 10.1 Å². The SMILES string of the molecule is Nc1cc(F)cc(S(=O)(=O)N2CCN3CCCC3C2)c1. The fourth-order valence-electron chi connectivity index (χ4n) is 3.06. The molecule has 0 aliphatic carbocycles. The monoisotopic (exact) mass is 299 g/mol. The van der Waals surface area contributed by atoms with E-state index in [0.29, 0.717) is 19.1 Å². The average Bonchev–Trinajstić information content (AvgIpc) is 2.84. The van der Waals surface area contributed by atoms with Gasteiger partial charge in [0.15, 0.2) is 0 Å². The van der Waals surface area contributed by atoms with Crippen LogP contribution in [0.1, 0.15) is 12.8 Å². The lowest BCUT2D eigenvalue weighted by atomic mass is 10.2. The minimum Gasteiger partial charge on any atom is -0.399 e. The zero-order valence-corrected chi connectivity index (χ0v) is 11.9. The summed E-state index contributed by atoms with van der Waals surface area (Å²) in [6.07, 6.45) is 2.14. The maximum Gasteiger partial charge on any atom is 0.243 e. The number of rotatable bonds is 2. The van der Waals surface area contributed by atoms with Gasteiger partial charge in [0, 0.05) is 31.4 Å². The minimum absolute atomic E-state index is 0.0542. The fourth-order valence-corrected chi connectivity index (χ4v) is 4.60. The number of hydrogen-bond donors (Lipinski definition) is 1. The van der Waals surface area contributed by atoms with Gasteiger partial charge < -0.3 is 5.73 Å². The van der Waals surface area contributed by atoms with E-state index in [9.17, 15) is 12.8 Å². The summed E-state index contributed by atoms with van der Waals surface area (Å²) in [5.41, 5.74) is 5.67. The molecule has 2 fully saturated rings. The highest BCUT2D eigenvalue weighted by atomic mass is 32.2. The van der Waals surface area contributed by atoms with Gasteiger partial charge in [-0.2, -0.15) is 4.31 Å². The molecule has 0 saturated carbocycles. The van der Waals surface area contributed by atoms with E-state index in [1.54, 1.807) is 0 Å². The van der Waals surface area contributed by atoms with Crippen LogP contribution in [0.5, 0.6) is 0 Å². The Hall–Kier alpha value is -1.18. The number of nitrogen functional groups attached to an aromatic ring is 1. The molecule has 0 aromatic heterocycles. The normalized spacial score (nSPS) is 24.8. The van der Waals surface area contributed by atoms with Gasteiger partial charge in [0.1, 0.15) is 5.82 Å². The van der Waals surface area contributed by atoms with Gasteiger partial charge in [-0.15, -0.1) is 0 Å². The fraction of sp³-hybridized carbons (Fsp3) is 0.538. The molecule has 2 aliphatic heterocycles. The van der Waals surface area contributed by atoms with E-state index in [0.717, 1.165) is 38.1 Å². The van der Waals surface area contributed by atoms with Gasteiger partial charge in [-0.25, -0.2) is 12.8 Å². The number of benzene rings is 1. The lowest BCUT2D eigenvalue weighted by Gasteiger charge is -2.36. The summed E-state index contributed by atoms with van der Waals surface area (Å²) in [5, 5.41) is 0. The molecule has 2 N–H and O–H groups in total. The first kappa shape index (κ1) is 13.8. The van der Waals surface area contributed by atoms with Gasteiger partial charge >= 0.3 is 0 Å². The van der Waals surface area contributed by atoms with Crippen molar-refractivity contribution in [3.8, 4) is 0 Å². The highest BCUT2D eigenvalue weighted by Crippen LogP contribution is 2.26. The van der Waals surface area contributed by atoms with Gasteiger partial charge in [0.2, 0.25) is 10.0 Å². The average molecular weight is 299 g/mol. The number of piperazine rings is 1. The van der Waals surface area contributed by atoms with Crippen LogP contribution in [0.3, 0.4) is 0 Å². The van der Waals surface area contributed by atoms with Crippen molar-refractivity contribution in [1.82, 2.24) is 9.21 Å². The molecule has 0 bridgehead atoms. The molecule has 2 heterocycles. The van der Waals surface area contributed by atoms with Crippen LogP contribution >= 0.6 is 0 Å². The van der Waals surface area contributed by atoms with E-state index in [4.69, 9.17) is 5.73 Å². The number of hydrogen-bond acceptors (Lipinski definition) is 4. The molecule has 2 aliphatic rings. The third kappa shape index (κ3) is 2.41. The van der Waals surface area contributed by atoms with Gasteiger partial charge in [0.05, 0.1) is 4.90 Å². The van der Waals surface area contributed by atoms with Crippen LogP contribution in [-0.2, 0) is 10.0 Å². The van der Waals surface area contributed by atoms with Crippen molar-refractivity contribution in [1.29, 1.82) is 0 Å². The third-order valence-electron chi connectivity index (χ3n) is 4.08. The van der Waals surface area contributed by atoms with Gasteiger partial charge in [-0.05, 0) is 37.6 Å². The molecule has 1 aromatic rings. The summed E-state index contributed by atoms with van der Waals surface area (Å²) < 4.78 is 40.0. The number of nitrogens with zero attached hydrogens (tertiary/aromatic N) is 2. The largest absolute Gasteiger partial charge is 0.399 e. The summed E-state index contributed by atoms with van der Waals surface area (Å²) in [5.74, 6) is -0.622. The predicted molar refractivity (Wildman–Crippen MR) is 74.2 cm³/mol. The van der Waals surface area contributed by atoms with E-state index in [1.807, 2.05) is 0 Å². The number of halogens is 1. The van der Waals surface area contributed by atoms with Crippen molar-refractivity contribution in [3.05, 3.63) is 24.0 Å². The van der Waals surface area contributed by atoms with E-state index in [1.165, 1.54) is 10.4 Å². The topological polar surface area (TPSA) is 66.6 Å². The quantitative estimate of drug-likeness (QED) is 0.823. The molecule has 3 rings (SSSR count). The minimum atomic E-state index is -3.66. The number of fused-ring (bicyclic) bond motifs is 1. The summed E-state index contributed by atoms with van der Waals surface area (Å²) >= 11 is 0. The molecule has 1 aromatic carbocycles. The lowest BCUT2D eigenvalue weighted by Crippen LogP contribution is -2.51. The predicted octanol–water partition coefficient (Wildman–Crippen LogP) is 0.877. The first-order chi connectivity index (χ1) is 9.46. The summed E-state index contributed by atoms with van der Waals surface area (Å²) in [7, 11) is -3.66. The maximum atomic E-state index is 13.4. The van der Waals surface area contributed by atoms with Gasteiger partial charge in [0.25, 0.3) is 0 Å². The number of nitrogens with two attached hydrogens (primary N) is 1. The second-order valence-corrected chi connectivity index (χ2v) is 7.35. The highest BCUT2D eigenvalue weighted by molar-refractivity contribution is 7.89. The van der Waals surface area contributed by atoms with Crippen LogP contribution in [0.25, 0.3) is 0 Å². The van der Waals surface area contributed by atoms with Crippen molar-refractivity contribution >= 4 is 15.7 Å². The lowest BCUT2D eigenvalue weighted by molar-refractivity contribution is 0.158. The van der Waals surface area contributed by atoms with Crippen molar-refractivity contribution in [3.63, 3.8) is 0 Å². The van der Waals surface area contributed by atoms with Gasteiger partial charge in [-0.1, -0.05) is 0 Å². The van der Waals surface area contributed by atoms with E-state index in [2.05, 4.69) is 4.90 Å². The van der Waals surface area contributed by atoms with E-state index >= 15 is 0 Å². The summed E-state index contributed by atoms with van der Waals surface area (Å²) in [6, 6.07) is 3.77. The number of anilines is 1. The van der Waals surface area contributed by atoms with Crippen LogP contribution in [0.15, 0.2) is 23.1 Å². The van der Waals surface area contributed by atoms with Crippen LogP contribution in [-0.4, -0.2) is 49.8 Å². The van der Waals surface area contributed by atoms with Crippen LogP contribution < -0.4 is 5.73 Å². The third-order valence-corrected chi connectivity index (χ3v) is 5.92. The molecule has 110 valence electrons. The molecule has 0 amide bonds. The Balaban J connectivity index is 1.88. The van der Waals surface area contributed by atoms with Crippen LogP contribution in [0.2, 0.25) is 0 Å². The molecule has 20 heavy (non-hydrogen) atoms. The van der Waals surface area contributed by atoms with E-state index < -0.39 is 15.8 Å². The zero-order valence-electron chi connectivity index (χ0n) is 11.1. The maximum absolute atomic E-state index is 13.4. The molecule has 1 unspecified atom stereocenters. The smallest absolute Gasteiger partial charge is 0.243 e. The van der Waals surface area contributed by atoms with E-state index in [-0.39, 0.29) is 10.6 Å². The summed E-state index contributed by atoms with van der Waals surface area (Å²) in [6.45, 7) is 2.73. The summed E-state index contributed by atoms with van der Waals surface area (Å²) in [4.78, 5) is 2.27. The molecule has 1 atom stereocenters. The Morgan fingerprint density at radius 3 is 2.75 bits per heavy atom. The van der Waals surface area contributed by atoms with Crippen molar-refractivity contribution in [2.75, 3.05) is 31.9 Å². The molecule has 2 saturated heterocycles. The van der Waals surface area contributed by atoms with Crippen molar-refractivity contribution < 1.29 is 12.8 Å². The van der Waals surface area contributed by atoms with Gasteiger partial charge in [-0.3, -0.25) is 4.90 Å². The Morgan fingerprint density at radius 2 is 2.00 bits per heavy atom. The molecule has 0 spiro atoms. The second-order valence-electron chi connectivity index (χ2n) is 5.42. The molecule has 5 nitrogen and oxygen atoms in total. The first-order valence-electron chi connectivity index (χ1n) is 6.77. The zero-order chi connectivity index (χ0) is 14.3. The first-order valence-corrected chi connectivity index (χ1v) is 8.21. The molecular formula is C13H18FN3O2S. The Labute approximate surface area is 118 Å².